The maximum atomic E-state index is 12.6. The molecule has 1 unspecified atom stereocenters. The van der Waals surface area contributed by atoms with Crippen LogP contribution < -0.4 is 9.47 Å². The Morgan fingerprint density at radius 1 is 1.33 bits per heavy atom. The van der Waals surface area contributed by atoms with Crippen LogP contribution in [0.25, 0.3) is 0 Å². The molecular formula is C18H20N2O3S. The molecule has 1 fully saturated rings. The largest absolute Gasteiger partial charge is 0.454 e. The molecular weight excluding hydrogens is 324 g/mol. The van der Waals surface area contributed by atoms with Crippen molar-refractivity contribution < 1.29 is 14.3 Å². The minimum Gasteiger partial charge on any atom is -0.454 e. The lowest BCUT2D eigenvalue weighted by molar-refractivity contribution is 0.0555. The molecule has 1 amide bonds. The first kappa shape index (κ1) is 15.4. The predicted molar refractivity (Wildman–Crippen MR) is 91.6 cm³/mol. The average molecular weight is 344 g/mol. The van der Waals surface area contributed by atoms with Crippen LogP contribution in [0.5, 0.6) is 11.5 Å². The van der Waals surface area contributed by atoms with Crippen molar-refractivity contribution in [3.05, 3.63) is 40.9 Å². The molecule has 0 saturated carbocycles. The number of likely N-dealkylation sites (tertiary alicyclic amines) is 1. The van der Waals surface area contributed by atoms with Gasteiger partial charge in [-0.1, -0.05) is 13.0 Å². The summed E-state index contributed by atoms with van der Waals surface area (Å²) < 4.78 is 14.9. The molecule has 2 aromatic rings. The molecule has 6 heteroatoms. The number of benzene rings is 1. The molecule has 1 saturated heterocycles. The molecule has 126 valence electrons. The summed E-state index contributed by atoms with van der Waals surface area (Å²) in [5, 5.41) is 0. The third-order valence-electron chi connectivity index (χ3n) is 4.78. The van der Waals surface area contributed by atoms with Gasteiger partial charge in [-0.15, -0.1) is 0 Å². The number of hydrogen-bond donors (Lipinski definition) is 0. The molecule has 1 aromatic heterocycles. The van der Waals surface area contributed by atoms with Gasteiger partial charge < -0.3 is 14.4 Å². The molecule has 24 heavy (non-hydrogen) atoms. The number of piperidine rings is 1. The van der Waals surface area contributed by atoms with E-state index in [1.807, 2.05) is 11.0 Å². The van der Waals surface area contributed by atoms with Gasteiger partial charge >= 0.3 is 0 Å². The lowest BCUT2D eigenvalue weighted by Crippen LogP contribution is -2.45. The first-order valence-electron chi connectivity index (χ1n) is 8.21. The van der Waals surface area contributed by atoms with Crippen LogP contribution in [0.4, 0.5) is 0 Å². The molecule has 2 aliphatic rings. The summed E-state index contributed by atoms with van der Waals surface area (Å²) in [5.41, 5.74) is 1.31. The van der Waals surface area contributed by atoms with Crippen molar-refractivity contribution >= 4 is 17.4 Å². The van der Waals surface area contributed by atoms with Crippen LogP contribution in [-0.2, 0) is 6.42 Å². The molecule has 0 bridgehead atoms. The standard InChI is InChI=1S/C18H20N2O3S/c1-18(10-13-3-4-14-15(9-13)23-12-22-14)6-2-8-20(11-18)17(21)16-5-7-19-24-16/h3-5,7,9H,2,6,8,10-12H2,1H3. The Hall–Kier alpha value is -2.08. The van der Waals surface area contributed by atoms with E-state index < -0.39 is 0 Å². The highest BCUT2D eigenvalue weighted by Gasteiger charge is 2.34. The van der Waals surface area contributed by atoms with E-state index in [4.69, 9.17) is 9.47 Å². The Kier molecular flexibility index (Phi) is 3.92. The molecule has 3 heterocycles. The second kappa shape index (κ2) is 6.09. The number of carbonyl (C=O) groups is 1. The van der Waals surface area contributed by atoms with Gasteiger partial charge in [0.2, 0.25) is 6.79 Å². The van der Waals surface area contributed by atoms with E-state index in [9.17, 15) is 4.79 Å². The molecule has 1 aromatic carbocycles. The highest BCUT2D eigenvalue weighted by Crippen LogP contribution is 2.37. The van der Waals surface area contributed by atoms with E-state index in [0.29, 0.717) is 6.79 Å². The van der Waals surface area contributed by atoms with Gasteiger partial charge in [-0.05, 0) is 60.0 Å². The maximum absolute atomic E-state index is 12.6. The number of rotatable bonds is 3. The number of nitrogens with zero attached hydrogens (tertiary/aromatic N) is 2. The molecule has 0 radical (unpaired) electrons. The fraction of sp³-hybridized carbons (Fsp3) is 0.444. The van der Waals surface area contributed by atoms with Gasteiger partial charge in [-0.3, -0.25) is 4.79 Å². The summed E-state index contributed by atoms with van der Waals surface area (Å²) >= 11 is 1.27. The number of hydrogen-bond acceptors (Lipinski definition) is 5. The van der Waals surface area contributed by atoms with Gasteiger partial charge in [0, 0.05) is 19.3 Å². The third kappa shape index (κ3) is 2.98. The monoisotopic (exact) mass is 344 g/mol. The number of carbonyl (C=O) groups excluding carboxylic acids is 1. The molecule has 0 N–H and O–H groups in total. The van der Waals surface area contributed by atoms with Crippen LogP contribution in [0.2, 0.25) is 0 Å². The van der Waals surface area contributed by atoms with Crippen molar-refractivity contribution in [2.45, 2.75) is 26.2 Å². The van der Waals surface area contributed by atoms with Crippen LogP contribution in [-0.4, -0.2) is 35.1 Å². The van der Waals surface area contributed by atoms with Gasteiger partial charge in [0.05, 0.1) is 0 Å². The molecule has 2 aliphatic heterocycles. The zero-order chi connectivity index (χ0) is 16.6. The summed E-state index contributed by atoms with van der Waals surface area (Å²) in [6.07, 6.45) is 4.77. The highest BCUT2D eigenvalue weighted by atomic mass is 32.1. The number of fused-ring (bicyclic) bond motifs is 1. The van der Waals surface area contributed by atoms with Crippen molar-refractivity contribution in [3.63, 3.8) is 0 Å². The Balaban J connectivity index is 1.49. The average Bonchev–Trinajstić information content (AvgIpc) is 3.25. The van der Waals surface area contributed by atoms with Crippen LogP contribution in [0.15, 0.2) is 30.5 Å². The minimum absolute atomic E-state index is 0.0757. The molecule has 4 rings (SSSR count). The Labute approximate surface area is 145 Å². The van der Waals surface area contributed by atoms with E-state index >= 15 is 0 Å². The molecule has 5 nitrogen and oxygen atoms in total. The van der Waals surface area contributed by atoms with Crippen molar-refractivity contribution in [2.75, 3.05) is 19.9 Å². The van der Waals surface area contributed by atoms with E-state index in [0.717, 1.165) is 48.7 Å². The molecule has 0 aliphatic carbocycles. The topological polar surface area (TPSA) is 51.7 Å². The van der Waals surface area contributed by atoms with E-state index in [1.165, 1.54) is 17.1 Å². The van der Waals surface area contributed by atoms with Gasteiger partial charge in [-0.2, -0.15) is 0 Å². The zero-order valence-corrected chi connectivity index (χ0v) is 14.5. The Morgan fingerprint density at radius 2 is 2.21 bits per heavy atom. The van der Waals surface area contributed by atoms with Gasteiger partial charge in [0.25, 0.3) is 5.91 Å². The number of aromatic nitrogens is 1. The highest BCUT2D eigenvalue weighted by molar-refractivity contribution is 7.08. The summed E-state index contributed by atoms with van der Waals surface area (Å²) in [7, 11) is 0. The fourth-order valence-electron chi connectivity index (χ4n) is 3.66. The number of amides is 1. The predicted octanol–water partition coefficient (Wildman–Crippen LogP) is 3.36. The first-order valence-corrected chi connectivity index (χ1v) is 8.99. The van der Waals surface area contributed by atoms with Crippen molar-refractivity contribution in [1.29, 1.82) is 0 Å². The van der Waals surface area contributed by atoms with Gasteiger partial charge in [-0.25, -0.2) is 4.37 Å². The minimum atomic E-state index is 0.0757. The van der Waals surface area contributed by atoms with Gasteiger partial charge in [0.1, 0.15) is 4.88 Å². The lowest BCUT2D eigenvalue weighted by Gasteiger charge is -2.40. The summed E-state index contributed by atoms with van der Waals surface area (Å²) in [6, 6.07) is 7.95. The second-order valence-corrected chi connectivity index (χ2v) is 7.72. The normalized spacial score (nSPS) is 22.6. The van der Waals surface area contributed by atoms with E-state index in [1.54, 1.807) is 12.3 Å². The number of ether oxygens (including phenoxy) is 2. The summed E-state index contributed by atoms with van der Waals surface area (Å²) in [4.78, 5) is 15.3. The van der Waals surface area contributed by atoms with E-state index in [2.05, 4.69) is 23.4 Å². The fourth-order valence-corrected chi connectivity index (χ4v) is 4.22. The smallest absolute Gasteiger partial charge is 0.265 e. The maximum Gasteiger partial charge on any atom is 0.265 e. The SMILES string of the molecule is CC1(Cc2ccc3c(c2)OCO3)CCCN(C(=O)c2ccns2)C1. The van der Waals surface area contributed by atoms with E-state index in [-0.39, 0.29) is 11.3 Å². The van der Waals surface area contributed by atoms with Crippen LogP contribution in [0.3, 0.4) is 0 Å². The van der Waals surface area contributed by atoms with Crippen molar-refractivity contribution in [3.8, 4) is 11.5 Å². The third-order valence-corrected chi connectivity index (χ3v) is 5.52. The molecule has 1 atom stereocenters. The summed E-state index contributed by atoms with van der Waals surface area (Å²) in [6.45, 7) is 4.17. The lowest BCUT2D eigenvalue weighted by atomic mass is 9.77. The zero-order valence-electron chi connectivity index (χ0n) is 13.7. The van der Waals surface area contributed by atoms with Gasteiger partial charge in [0.15, 0.2) is 11.5 Å². The van der Waals surface area contributed by atoms with Crippen molar-refractivity contribution in [2.24, 2.45) is 5.41 Å². The van der Waals surface area contributed by atoms with Crippen LogP contribution in [0.1, 0.15) is 35.0 Å². The first-order chi connectivity index (χ1) is 11.6. The van der Waals surface area contributed by atoms with Crippen LogP contribution in [0, 0.1) is 5.41 Å². The Bertz CT molecular complexity index is 747. The summed E-state index contributed by atoms with van der Waals surface area (Å²) in [5.74, 6) is 1.74. The second-order valence-electron chi connectivity index (χ2n) is 6.88. The Morgan fingerprint density at radius 3 is 3.04 bits per heavy atom. The molecule has 0 spiro atoms. The van der Waals surface area contributed by atoms with Crippen LogP contribution >= 0.6 is 11.5 Å². The van der Waals surface area contributed by atoms with Crippen molar-refractivity contribution in [1.82, 2.24) is 9.27 Å². The quantitative estimate of drug-likeness (QED) is 0.857.